The van der Waals surface area contributed by atoms with Crippen LogP contribution in [0.3, 0.4) is 0 Å². The summed E-state index contributed by atoms with van der Waals surface area (Å²) in [5.41, 5.74) is 0.536. The van der Waals surface area contributed by atoms with Gasteiger partial charge in [-0.1, -0.05) is 31.5 Å². The molecule has 0 bridgehead atoms. The third kappa shape index (κ3) is 2.91. The number of hydrogen-bond donors (Lipinski definition) is 2. The Kier molecular flexibility index (Phi) is 4.62. The van der Waals surface area contributed by atoms with Crippen molar-refractivity contribution in [2.45, 2.75) is 37.8 Å². The van der Waals surface area contributed by atoms with Gasteiger partial charge in [-0.3, -0.25) is 10.2 Å². The van der Waals surface area contributed by atoms with E-state index in [-0.39, 0.29) is 13.2 Å². The number of nitrogens with one attached hydrogen (secondary N) is 1. The van der Waals surface area contributed by atoms with Crippen LogP contribution >= 0.6 is 0 Å². The van der Waals surface area contributed by atoms with Crippen molar-refractivity contribution in [2.24, 2.45) is 0 Å². The van der Waals surface area contributed by atoms with Crippen LogP contribution < -0.4 is 5.32 Å². The Labute approximate surface area is 140 Å². The average molecular weight is 334 g/mol. The number of anilines is 1. The van der Waals surface area contributed by atoms with Crippen LogP contribution in [0.2, 0.25) is 0 Å². The Morgan fingerprint density at radius 3 is 3.04 bits per heavy atom. The molecular weight excluding hydrogens is 312 g/mol. The Morgan fingerprint density at radius 1 is 1.50 bits per heavy atom. The van der Waals surface area contributed by atoms with Crippen molar-refractivity contribution in [1.29, 1.82) is 0 Å². The standard InChI is InChI=1S/C17H22N2O5/c1-2-3-8-23-16(22)19-11-17(9-12(19)10-20)13-6-4-5-7-14(13)18-15(21)24-17/h4-7,12,20H,2-3,8-11H2,1H3,(H,18,21)/t12-,17-/m0/s1. The molecule has 1 saturated heterocycles. The minimum Gasteiger partial charge on any atom is -0.449 e. The van der Waals surface area contributed by atoms with E-state index in [1.807, 2.05) is 25.1 Å². The van der Waals surface area contributed by atoms with Crippen molar-refractivity contribution < 1.29 is 24.2 Å². The number of rotatable bonds is 4. The van der Waals surface area contributed by atoms with Crippen LogP contribution in [0.4, 0.5) is 15.3 Å². The minimum absolute atomic E-state index is 0.174. The first-order chi connectivity index (χ1) is 11.6. The van der Waals surface area contributed by atoms with Crippen LogP contribution in [0.1, 0.15) is 31.7 Å². The lowest BCUT2D eigenvalue weighted by Gasteiger charge is -2.35. The quantitative estimate of drug-likeness (QED) is 0.826. The minimum atomic E-state index is -0.948. The van der Waals surface area contributed by atoms with Gasteiger partial charge in [-0.05, 0) is 12.5 Å². The highest BCUT2D eigenvalue weighted by Gasteiger charge is 2.53. The summed E-state index contributed by atoms with van der Waals surface area (Å²) in [6.45, 7) is 2.32. The van der Waals surface area contributed by atoms with Gasteiger partial charge in [0.1, 0.15) is 0 Å². The molecule has 2 N–H and O–H groups in total. The molecular formula is C17H22N2O5. The smallest absolute Gasteiger partial charge is 0.412 e. The molecule has 130 valence electrons. The molecule has 2 atom stereocenters. The molecule has 2 aliphatic rings. The maximum Gasteiger partial charge on any atom is 0.412 e. The molecule has 0 aromatic heterocycles. The molecule has 7 nitrogen and oxygen atoms in total. The first kappa shape index (κ1) is 16.6. The highest BCUT2D eigenvalue weighted by molar-refractivity contribution is 5.89. The van der Waals surface area contributed by atoms with Crippen molar-refractivity contribution in [3.05, 3.63) is 29.8 Å². The lowest BCUT2D eigenvalue weighted by molar-refractivity contribution is 0.0173. The third-order valence-corrected chi connectivity index (χ3v) is 4.54. The van der Waals surface area contributed by atoms with Crippen molar-refractivity contribution >= 4 is 17.9 Å². The summed E-state index contributed by atoms with van der Waals surface area (Å²) in [6.07, 6.45) is 1.03. The molecule has 1 aromatic rings. The van der Waals surface area contributed by atoms with Gasteiger partial charge in [-0.25, -0.2) is 9.59 Å². The number of benzene rings is 1. The van der Waals surface area contributed by atoms with E-state index < -0.39 is 23.8 Å². The summed E-state index contributed by atoms with van der Waals surface area (Å²) >= 11 is 0. The summed E-state index contributed by atoms with van der Waals surface area (Å²) in [4.78, 5) is 25.7. The van der Waals surface area contributed by atoms with Crippen LogP contribution in [0, 0.1) is 0 Å². The van der Waals surface area contributed by atoms with E-state index in [2.05, 4.69) is 5.32 Å². The molecule has 0 saturated carbocycles. The lowest BCUT2D eigenvalue weighted by Crippen LogP contribution is -2.43. The fourth-order valence-electron chi connectivity index (χ4n) is 3.35. The molecule has 0 aliphatic carbocycles. The molecule has 2 aliphatic heterocycles. The Hall–Kier alpha value is -2.28. The molecule has 1 aromatic carbocycles. The lowest BCUT2D eigenvalue weighted by atomic mass is 9.88. The van der Waals surface area contributed by atoms with Crippen molar-refractivity contribution in [3.63, 3.8) is 0 Å². The maximum absolute atomic E-state index is 12.3. The van der Waals surface area contributed by atoms with E-state index in [0.717, 1.165) is 18.4 Å². The van der Waals surface area contributed by atoms with Crippen molar-refractivity contribution in [1.82, 2.24) is 4.90 Å². The average Bonchev–Trinajstić information content (AvgIpc) is 2.94. The third-order valence-electron chi connectivity index (χ3n) is 4.54. The Morgan fingerprint density at radius 2 is 2.29 bits per heavy atom. The SMILES string of the molecule is CCCCOC(=O)N1C[C@]2(C[C@H]1CO)OC(=O)Nc1ccccc12. The van der Waals surface area contributed by atoms with Crippen LogP contribution in [-0.2, 0) is 15.1 Å². The number of aliphatic hydroxyl groups is 1. The van der Waals surface area contributed by atoms with Gasteiger partial charge in [-0.15, -0.1) is 0 Å². The van der Waals surface area contributed by atoms with Crippen molar-refractivity contribution in [3.8, 4) is 0 Å². The fraction of sp³-hybridized carbons (Fsp3) is 0.529. The number of likely N-dealkylation sites (tertiary alicyclic amines) is 1. The van der Waals surface area contributed by atoms with Gasteiger partial charge >= 0.3 is 12.2 Å². The number of para-hydroxylation sites is 1. The first-order valence-corrected chi connectivity index (χ1v) is 8.23. The number of nitrogens with zero attached hydrogens (tertiary/aromatic N) is 1. The van der Waals surface area contributed by atoms with E-state index in [0.29, 0.717) is 18.7 Å². The number of amides is 2. The normalized spacial score (nSPS) is 25.2. The summed E-state index contributed by atoms with van der Waals surface area (Å²) in [5, 5.41) is 12.4. The van der Waals surface area contributed by atoms with E-state index in [1.165, 1.54) is 4.90 Å². The van der Waals surface area contributed by atoms with Crippen molar-refractivity contribution in [2.75, 3.05) is 25.1 Å². The highest BCUT2D eigenvalue weighted by Crippen LogP contribution is 2.45. The first-order valence-electron chi connectivity index (χ1n) is 8.23. The second-order valence-electron chi connectivity index (χ2n) is 6.19. The molecule has 2 amide bonds. The molecule has 1 spiro atoms. The summed E-state index contributed by atoms with van der Waals surface area (Å²) in [7, 11) is 0. The van der Waals surface area contributed by atoms with E-state index >= 15 is 0 Å². The number of unbranched alkanes of at least 4 members (excludes halogenated alkanes) is 1. The van der Waals surface area contributed by atoms with Gasteiger partial charge in [0.05, 0.1) is 31.5 Å². The maximum atomic E-state index is 12.3. The second-order valence-corrected chi connectivity index (χ2v) is 6.19. The van der Waals surface area contributed by atoms with Gasteiger partial charge in [0.15, 0.2) is 5.60 Å². The number of carbonyl (C=O) groups is 2. The summed E-state index contributed by atoms with van der Waals surface area (Å²) < 4.78 is 10.9. The molecule has 24 heavy (non-hydrogen) atoms. The zero-order valence-corrected chi connectivity index (χ0v) is 13.7. The zero-order chi connectivity index (χ0) is 17.2. The molecule has 2 heterocycles. The van der Waals surface area contributed by atoms with Gasteiger partial charge in [-0.2, -0.15) is 0 Å². The summed E-state index contributed by atoms with van der Waals surface area (Å²) in [5.74, 6) is 0. The van der Waals surface area contributed by atoms with Gasteiger partial charge in [0, 0.05) is 12.0 Å². The molecule has 1 fully saturated rings. The van der Waals surface area contributed by atoms with Crippen LogP contribution in [-0.4, -0.2) is 48.0 Å². The van der Waals surface area contributed by atoms with E-state index in [1.54, 1.807) is 6.07 Å². The van der Waals surface area contributed by atoms with E-state index in [9.17, 15) is 14.7 Å². The van der Waals surface area contributed by atoms with Gasteiger partial charge in [0.2, 0.25) is 0 Å². The van der Waals surface area contributed by atoms with Crippen LogP contribution in [0.15, 0.2) is 24.3 Å². The molecule has 0 radical (unpaired) electrons. The number of aliphatic hydroxyl groups excluding tert-OH is 1. The van der Waals surface area contributed by atoms with Gasteiger partial charge in [0.25, 0.3) is 0 Å². The van der Waals surface area contributed by atoms with Crippen LogP contribution in [0.25, 0.3) is 0 Å². The highest BCUT2D eigenvalue weighted by atomic mass is 16.6. The van der Waals surface area contributed by atoms with Gasteiger partial charge < -0.3 is 14.6 Å². The number of carbonyl (C=O) groups excluding carboxylic acids is 2. The fourth-order valence-corrected chi connectivity index (χ4v) is 3.35. The number of fused-ring (bicyclic) bond motifs is 2. The largest absolute Gasteiger partial charge is 0.449 e. The zero-order valence-electron chi connectivity index (χ0n) is 13.7. The van der Waals surface area contributed by atoms with E-state index in [4.69, 9.17) is 9.47 Å². The Bertz CT molecular complexity index is 635. The molecule has 3 rings (SSSR count). The predicted octanol–water partition coefficient (Wildman–Crippen LogP) is 2.45. The monoisotopic (exact) mass is 334 g/mol. The molecule has 7 heteroatoms. The predicted molar refractivity (Wildman–Crippen MR) is 86.7 cm³/mol. The topological polar surface area (TPSA) is 88.1 Å². The molecule has 0 unspecified atom stereocenters. The number of hydrogen-bond acceptors (Lipinski definition) is 5. The van der Waals surface area contributed by atoms with Crippen LogP contribution in [0.5, 0.6) is 0 Å². The second kappa shape index (κ2) is 6.68. The Balaban J connectivity index is 1.85. The number of ether oxygens (including phenoxy) is 2. The summed E-state index contributed by atoms with van der Waals surface area (Å²) in [6, 6.07) is 6.91.